The highest BCUT2D eigenvalue weighted by atomic mass is 19.1. The number of carbonyl (C=O) groups excluding carboxylic acids is 2. The van der Waals surface area contributed by atoms with Gasteiger partial charge in [-0.15, -0.1) is 0 Å². The second-order valence-corrected chi connectivity index (χ2v) is 6.89. The number of pyridine rings is 1. The van der Waals surface area contributed by atoms with Gasteiger partial charge in [-0.25, -0.2) is 9.37 Å². The Hall–Kier alpha value is -4.07. The first-order chi connectivity index (χ1) is 15.0. The first-order valence-electron chi connectivity index (χ1n) is 9.67. The van der Waals surface area contributed by atoms with Crippen LogP contribution in [0, 0.1) is 12.7 Å². The van der Waals surface area contributed by atoms with Crippen molar-refractivity contribution in [1.82, 2.24) is 20.8 Å². The average Bonchev–Trinajstić information content (AvgIpc) is 3.17. The predicted octanol–water partition coefficient (Wildman–Crippen LogP) is 3.50. The molecule has 8 heteroatoms. The van der Waals surface area contributed by atoms with Crippen LogP contribution >= 0.6 is 0 Å². The molecule has 0 spiro atoms. The van der Waals surface area contributed by atoms with E-state index in [9.17, 15) is 14.0 Å². The minimum absolute atomic E-state index is 0.213. The van der Waals surface area contributed by atoms with Gasteiger partial charge in [0.25, 0.3) is 17.5 Å². The van der Waals surface area contributed by atoms with Crippen LogP contribution in [0.15, 0.2) is 65.2 Å². The lowest BCUT2D eigenvalue weighted by Gasteiger charge is -2.09. The van der Waals surface area contributed by atoms with Crippen LogP contribution in [0.1, 0.15) is 26.4 Å². The molecule has 0 atom stereocenters. The van der Waals surface area contributed by atoms with Crippen molar-refractivity contribution in [2.75, 3.05) is 13.1 Å². The third kappa shape index (κ3) is 4.42. The maximum atomic E-state index is 13.3. The van der Waals surface area contributed by atoms with Gasteiger partial charge in [0.15, 0.2) is 0 Å². The van der Waals surface area contributed by atoms with E-state index in [1.165, 1.54) is 12.1 Å². The van der Waals surface area contributed by atoms with Crippen molar-refractivity contribution >= 4 is 22.9 Å². The summed E-state index contributed by atoms with van der Waals surface area (Å²) >= 11 is 0. The van der Waals surface area contributed by atoms with Gasteiger partial charge in [0, 0.05) is 24.2 Å². The molecule has 2 amide bonds. The smallest absolute Gasteiger partial charge is 0.259 e. The lowest BCUT2D eigenvalue weighted by atomic mass is 10.1. The summed E-state index contributed by atoms with van der Waals surface area (Å²) in [4.78, 5) is 29.4. The summed E-state index contributed by atoms with van der Waals surface area (Å²) in [6.45, 7) is 2.22. The van der Waals surface area contributed by atoms with E-state index in [1.54, 1.807) is 49.4 Å². The molecule has 31 heavy (non-hydrogen) atoms. The van der Waals surface area contributed by atoms with Gasteiger partial charge in [0.2, 0.25) is 0 Å². The molecule has 2 aromatic carbocycles. The Morgan fingerprint density at radius 3 is 2.35 bits per heavy atom. The summed E-state index contributed by atoms with van der Waals surface area (Å²) < 4.78 is 18.5. The number of benzene rings is 2. The van der Waals surface area contributed by atoms with Crippen molar-refractivity contribution < 1.29 is 18.5 Å². The van der Waals surface area contributed by atoms with Crippen molar-refractivity contribution in [1.29, 1.82) is 0 Å². The standard InChI is InChI=1S/C23H19FN4O3/c1-14-20-18(22(30)26-12-11-25-21(29)16-5-3-2-4-6-16)13-19(27-23(20)31-28-14)15-7-9-17(24)10-8-15/h2-10,13H,11-12H2,1H3,(H,25,29)(H,26,30). The number of aromatic nitrogens is 2. The average molecular weight is 418 g/mol. The third-order valence-corrected chi connectivity index (χ3v) is 4.73. The Bertz CT molecular complexity index is 1240. The zero-order valence-corrected chi connectivity index (χ0v) is 16.7. The number of nitrogens with one attached hydrogen (secondary N) is 2. The quantitative estimate of drug-likeness (QED) is 0.467. The van der Waals surface area contributed by atoms with Crippen LogP contribution in [0.25, 0.3) is 22.4 Å². The summed E-state index contributed by atoms with van der Waals surface area (Å²) in [5.74, 6) is -0.929. The van der Waals surface area contributed by atoms with Crippen molar-refractivity contribution in [3.63, 3.8) is 0 Å². The van der Waals surface area contributed by atoms with E-state index in [1.807, 2.05) is 6.07 Å². The molecule has 0 radical (unpaired) electrons. The Morgan fingerprint density at radius 2 is 1.65 bits per heavy atom. The van der Waals surface area contributed by atoms with E-state index >= 15 is 0 Å². The molecule has 2 heterocycles. The number of amides is 2. The molecule has 2 N–H and O–H groups in total. The summed E-state index contributed by atoms with van der Waals surface area (Å²) in [6.07, 6.45) is 0. The van der Waals surface area contributed by atoms with Crippen molar-refractivity contribution in [3.8, 4) is 11.3 Å². The number of carbonyl (C=O) groups is 2. The topological polar surface area (TPSA) is 97.1 Å². The van der Waals surface area contributed by atoms with E-state index in [0.717, 1.165) is 0 Å². The summed E-state index contributed by atoms with van der Waals surface area (Å²) in [5.41, 5.74) is 2.76. The number of hydrogen-bond donors (Lipinski definition) is 2. The Morgan fingerprint density at radius 1 is 0.968 bits per heavy atom. The summed E-state index contributed by atoms with van der Waals surface area (Å²) in [5, 5.41) is 9.97. The first kappa shape index (κ1) is 20.2. The lowest BCUT2D eigenvalue weighted by molar-refractivity contribution is 0.0928. The zero-order chi connectivity index (χ0) is 21.8. The van der Waals surface area contributed by atoms with Gasteiger partial charge in [0.05, 0.1) is 22.3 Å². The molecule has 0 bridgehead atoms. The molecule has 0 aliphatic heterocycles. The van der Waals surface area contributed by atoms with Crippen LogP contribution in [-0.4, -0.2) is 35.0 Å². The number of rotatable bonds is 6. The van der Waals surface area contributed by atoms with Gasteiger partial charge in [-0.05, 0) is 49.4 Å². The maximum absolute atomic E-state index is 13.3. The molecule has 0 unspecified atom stereocenters. The monoisotopic (exact) mass is 418 g/mol. The van der Waals surface area contributed by atoms with Gasteiger partial charge >= 0.3 is 0 Å². The molecule has 2 aromatic heterocycles. The Labute approximate surface area is 177 Å². The molecule has 0 fully saturated rings. The van der Waals surface area contributed by atoms with E-state index < -0.39 is 0 Å². The number of halogens is 1. The molecule has 0 saturated carbocycles. The number of aryl methyl sites for hydroxylation is 1. The van der Waals surface area contributed by atoms with E-state index in [0.29, 0.717) is 33.5 Å². The van der Waals surface area contributed by atoms with Crippen LogP contribution in [0.2, 0.25) is 0 Å². The van der Waals surface area contributed by atoms with E-state index in [2.05, 4.69) is 20.8 Å². The molecule has 4 aromatic rings. The zero-order valence-electron chi connectivity index (χ0n) is 16.7. The van der Waals surface area contributed by atoms with Crippen molar-refractivity contribution in [2.24, 2.45) is 0 Å². The molecular weight excluding hydrogens is 399 g/mol. The van der Waals surface area contributed by atoms with Gasteiger partial charge in [-0.3, -0.25) is 9.59 Å². The number of fused-ring (bicyclic) bond motifs is 1. The molecule has 7 nitrogen and oxygen atoms in total. The highest BCUT2D eigenvalue weighted by molar-refractivity contribution is 6.07. The third-order valence-electron chi connectivity index (χ3n) is 4.73. The highest BCUT2D eigenvalue weighted by Gasteiger charge is 2.19. The fourth-order valence-corrected chi connectivity index (χ4v) is 3.18. The molecule has 4 rings (SSSR count). The summed E-state index contributed by atoms with van der Waals surface area (Å²) in [6, 6.07) is 16.2. The molecule has 0 aliphatic carbocycles. The van der Waals surface area contributed by atoms with Gasteiger partial charge in [-0.1, -0.05) is 23.4 Å². The van der Waals surface area contributed by atoms with Gasteiger partial charge < -0.3 is 15.2 Å². The largest absolute Gasteiger partial charge is 0.350 e. The maximum Gasteiger partial charge on any atom is 0.259 e. The molecule has 0 saturated heterocycles. The second-order valence-electron chi connectivity index (χ2n) is 6.89. The van der Waals surface area contributed by atoms with Crippen LogP contribution in [0.5, 0.6) is 0 Å². The van der Waals surface area contributed by atoms with Crippen LogP contribution in [0.3, 0.4) is 0 Å². The van der Waals surface area contributed by atoms with Crippen LogP contribution < -0.4 is 10.6 Å². The first-order valence-corrected chi connectivity index (χ1v) is 9.67. The fraction of sp³-hybridized carbons (Fsp3) is 0.130. The van der Waals surface area contributed by atoms with Crippen LogP contribution in [0.4, 0.5) is 4.39 Å². The minimum atomic E-state index is -0.365. The van der Waals surface area contributed by atoms with Crippen LogP contribution in [-0.2, 0) is 0 Å². The minimum Gasteiger partial charge on any atom is -0.350 e. The SMILES string of the molecule is Cc1noc2nc(-c3ccc(F)cc3)cc(C(=O)NCCNC(=O)c3ccccc3)c12. The lowest BCUT2D eigenvalue weighted by Crippen LogP contribution is -2.34. The normalized spacial score (nSPS) is 10.8. The van der Waals surface area contributed by atoms with Gasteiger partial charge in [-0.2, -0.15) is 0 Å². The molecule has 156 valence electrons. The predicted molar refractivity (Wildman–Crippen MR) is 113 cm³/mol. The molecule has 0 aliphatic rings. The fourth-order valence-electron chi connectivity index (χ4n) is 3.18. The van der Waals surface area contributed by atoms with E-state index in [-0.39, 0.29) is 36.4 Å². The van der Waals surface area contributed by atoms with Crippen molar-refractivity contribution in [2.45, 2.75) is 6.92 Å². The number of hydrogen-bond acceptors (Lipinski definition) is 5. The van der Waals surface area contributed by atoms with E-state index in [4.69, 9.17) is 4.52 Å². The Balaban J connectivity index is 1.49. The highest BCUT2D eigenvalue weighted by Crippen LogP contribution is 2.27. The summed E-state index contributed by atoms with van der Waals surface area (Å²) in [7, 11) is 0. The second kappa shape index (κ2) is 8.74. The Kier molecular flexibility index (Phi) is 5.70. The number of nitrogens with zero attached hydrogens (tertiary/aromatic N) is 2. The molecular formula is C23H19FN4O3. The van der Waals surface area contributed by atoms with Gasteiger partial charge in [0.1, 0.15) is 5.82 Å². The van der Waals surface area contributed by atoms with Crippen molar-refractivity contribution in [3.05, 3.63) is 83.3 Å².